The van der Waals surface area contributed by atoms with Crippen molar-refractivity contribution in [3.63, 3.8) is 0 Å². The number of carbonyl (C=O) groups excluding carboxylic acids is 2. The van der Waals surface area contributed by atoms with Gasteiger partial charge in [-0.05, 0) is 26.2 Å². The third-order valence-electron chi connectivity index (χ3n) is 3.13. The first kappa shape index (κ1) is 16.9. The highest BCUT2D eigenvalue weighted by Gasteiger charge is 2.14. The van der Waals surface area contributed by atoms with Gasteiger partial charge in [-0.2, -0.15) is 0 Å². The SMILES string of the molecule is CCN(CC)C(=O)CCN(CCC(C)C)C(C)=O. The lowest BCUT2D eigenvalue weighted by Crippen LogP contribution is -2.36. The second kappa shape index (κ2) is 8.95. The summed E-state index contributed by atoms with van der Waals surface area (Å²) >= 11 is 0. The van der Waals surface area contributed by atoms with E-state index in [2.05, 4.69) is 13.8 Å². The summed E-state index contributed by atoms with van der Waals surface area (Å²) < 4.78 is 0. The van der Waals surface area contributed by atoms with E-state index < -0.39 is 0 Å². The third-order valence-corrected chi connectivity index (χ3v) is 3.13. The predicted molar refractivity (Wildman–Crippen MR) is 74.3 cm³/mol. The largest absolute Gasteiger partial charge is 0.343 e. The molecule has 0 aliphatic carbocycles. The molecule has 0 aliphatic rings. The Morgan fingerprint density at radius 1 is 1.00 bits per heavy atom. The summed E-state index contributed by atoms with van der Waals surface area (Å²) in [5, 5.41) is 0. The maximum atomic E-state index is 11.9. The fourth-order valence-corrected chi connectivity index (χ4v) is 1.81. The minimum atomic E-state index is 0.0583. The Balaban J connectivity index is 4.18. The summed E-state index contributed by atoms with van der Waals surface area (Å²) in [5.74, 6) is 0.768. The summed E-state index contributed by atoms with van der Waals surface area (Å²) in [7, 11) is 0. The molecule has 4 nitrogen and oxygen atoms in total. The molecule has 0 N–H and O–H groups in total. The second-order valence-corrected chi connectivity index (χ2v) is 5.00. The van der Waals surface area contributed by atoms with E-state index in [0.29, 0.717) is 18.9 Å². The highest BCUT2D eigenvalue weighted by atomic mass is 16.2. The number of carbonyl (C=O) groups is 2. The summed E-state index contributed by atoms with van der Waals surface area (Å²) in [6.45, 7) is 12.6. The van der Waals surface area contributed by atoms with Crippen LogP contribution in [0.4, 0.5) is 0 Å². The fourth-order valence-electron chi connectivity index (χ4n) is 1.81. The monoisotopic (exact) mass is 256 g/mol. The predicted octanol–water partition coefficient (Wildman–Crippen LogP) is 2.14. The van der Waals surface area contributed by atoms with E-state index in [4.69, 9.17) is 0 Å². The van der Waals surface area contributed by atoms with Gasteiger partial charge in [-0.1, -0.05) is 13.8 Å². The molecular weight excluding hydrogens is 228 g/mol. The van der Waals surface area contributed by atoms with Crippen LogP contribution in [0.25, 0.3) is 0 Å². The Kier molecular flexibility index (Phi) is 8.42. The van der Waals surface area contributed by atoms with E-state index in [1.807, 2.05) is 13.8 Å². The second-order valence-electron chi connectivity index (χ2n) is 5.00. The van der Waals surface area contributed by atoms with Crippen molar-refractivity contribution < 1.29 is 9.59 Å². The number of hydrogen-bond donors (Lipinski definition) is 0. The first-order valence-electron chi connectivity index (χ1n) is 6.95. The van der Waals surface area contributed by atoms with E-state index in [9.17, 15) is 9.59 Å². The lowest BCUT2D eigenvalue weighted by atomic mass is 10.1. The van der Waals surface area contributed by atoms with Crippen LogP contribution >= 0.6 is 0 Å². The van der Waals surface area contributed by atoms with Crippen LogP contribution in [-0.4, -0.2) is 47.8 Å². The van der Waals surface area contributed by atoms with E-state index in [1.165, 1.54) is 0 Å². The molecule has 0 rings (SSSR count). The summed E-state index contributed by atoms with van der Waals surface area (Å²) in [6, 6.07) is 0. The average molecular weight is 256 g/mol. The molecule has 0 saturated heterocycles. The molecule has 0 spiro atoms. The summed E-state index contributed by atoms with van der Waals surface area (Å²) in [5.41, 5.74) is 0. The molecule has 0 unspecified atom stereocenters. The molecule has 0 aromatic rings. The summed E-state index contributed by atoms with van der Waals surface area (Å²) in [4.78, 5) is 26.9. The standard InChI is InChI=1S/C14H28N2O2/c1-6-15(7-2)14(18)9-11-16(13(5)17)10-8-12(3)4/h12H,6-11H2,1-5H3. The van der Waals surface area contributed by atoms with Crippen molar-refractivity contribution in [2.75, 3.05) is 26.2 Å². The van der Waals surface area contributed by atoms with E-state index in [-0.39, 0.29) is 11.8 Å². The van der Waals surface area contributed by atoms with Gasteiger partial charge in [0, 0.05) is 39.5 Å². The lowest BCUT2D eigenvalue weighted by Gasteiger charge is -2.24. The Morgan fingerprint density at radius 2 is 1.56 bits per heavy atom. The van der Waals surface area contributed by atoms with Gasteiger partial charge < -0.3 is 9.80 Å². The highest BCUT2D eigenvalue weighted by molar-refractivity contribution is 5.78. The highest BCUT2D eigenvalue weighted by Crippen LogP contribution is 2.04. The number of nitrogens with zero attached hydrogens (tertiary/aromatic N) is 2. The molecule has 0 saturated carbocycles. The van der Waals surface area contributed by atoms with E-state index in [1.54, 1.807) is 16.7 Å². The number of rotatable bonds is 8. The van der Waals surface area contributed by atoms with Crippen molar-refractivity contribution in [1.82, 2.24) is 9.80 Å². The smallest absolute Gasteiger partial charge is 0.224 e. The van der Waals surface area contributed by atoms with Crippen LogP contribution in [0.15, 0.2) is 0 Å². The number of amides is 2. The van der Waals surface area contributed by atoms with E-state index in [0.717, 1.165) is 26.1 Å². The Morgan fingerprint density at radius 3 is 1.94 bits per heavy atom. The number of hydrogen-bond acceptors (Lipinski definition) is 2. The Hall–Kier alpha value is -1.06. The van der Waals surface area contributed by atoms with Gasteiger partial charge in [-0.3, -0.25) is 9.59 Å². The third kappa shape index (κ3) is 6.62. The van der Waals surface area contributed by atoms with Crippen LogP contribution < -0.4 is 0 Å². The van der Waals surface area contributed by atoms with Gasteiger partial charge in [0.25, 0.3) is 0 Å². The van der Waals surface area contributed by atoms with Crippen molar-refractivity contribution in [3.05, 3.63) is 0 Å². The molecule has 0 atom stereocenters. The van der Waals surface area contributed by atoms with Crippen molar-refractivity contribution in [2.24, 2.45) is 5.92 Å². The lowest BCUT2D eigenvalue weighted by molar-refractivity contribution is -0.133. The summed E-state index contributed by atoms with van der Waals surface area (Å²) in [6.07, 6.45) is 1.42. The molecule has 4 heteroatoms. The average Bonchev–Trinajstić information content (AvgIpc) is 2.29. The molecular formula is C14H28N2O2. The van der Waals surface area contributed by atoms with Gasteiger partial charge in [-0.15, -0.1) is 0 Å². The molecule has 0 aromatic heterocycles. The van der Waals surface area contributed by atoms with Gasteiger partial charge >= 0.3 is 0 Å². The van der Waals surface area contributed by atoms with Gasteiger partial charge in [0.15, 0.2) is 0 Å². The van der Waals surface area contributed by atoms with Crippen LogP contribution in [0, 0.1) is 5.92 Å². The van der Waals surface area contributed by atoms with Crippen LogP contribution in [0.5, 0.6) is 0 Å². The maximum Gasteiger partial charge on any atom is 0.224 e. The molecule has 2 amide bonds. The van der Waals surface area contributed by atoms with E-state index >= 15 is 0 Å². The molecule has 0 fully saturated rings. The van der Waals surface area contributed by atoms with Gasteiger partial charge in [0.05, 0.1) is 0 Å². The minimum absolute atomic E-state index is 0.0583. The van der Waals surface area contributed by atoms with Crippen LogP contribution in [0.1, 0.15) is 47.5 Å². The van der Waals surface area contributed by atoms with Crippen LogP contribution in [0.2, 0.25) is 0 Å². The molecule has 18 heavy (non-hydrogen) atoms. The fraction of sp³-hybridized carbons (Fsp3) is 0.857. The van der Waals surface area contributed by atoms with Crippen molar-refractivity contribution >= 4 is 11.8 Å². The van der Waals surface area contributed by atoms with Gasteiger partial charge in [0.1, 0.15) is 0 Å². The molecule has 106 valence electrons. The van der Waals surface area contributed by atoms with Crippen molar-refractivity contribution in [1.29, 1.82) is 0 Å². The normalized spacial score (nSPS) is 10.6. The first-order valence-corrected chi connectivity index (χ1v) is 6.95. The molecule has 0 heterocycles. The topological polar surface area (TPSA) is 40.6 Å². The molecule has 0 radical (unpaired) electrons. The minimum Gasteiger partial charge on any atom is -0.343 e. The van der Waals surface area contributed by atoms with Gasteiger partial charge in [0.2, 0.25) is 11.8 Å². The van der Waals surface area contributed by atoms with Gasteiger partial charge in [-0.25, -0.2) is 0 Å². The molecule has 0 aliphatic heterocycles. The van der Waals surface area contributed by atoms with Crippen LogP contribution in [0.3, 0.4) is 0 Å². The zero-order valence-electron chi connectivity index (χ0n) is 12.5. The quantitative estimate of drug-likeness (QED) is 0.667. The maximum absolute atomic E-state index is 11.9. The van der Waals surface area contributed by atoms with Crippen LogP contribution in [-0.2, 0) is 9.59 Å². The molecule has 0 bridgehead atoms. The first-order chi connectivity index (χ1) is 8.42. The molecule has 0 aromatic carbocycles. The van der Waals surface area contributed by atoms with Crippen molar-refractivity contribution in [3.8, 4) is 0 Å². The zero-order chi connectivity index (χ0) is 14.1. The zero-order valence-corrected chi connectivity index (χ0v) is 12.5. The van der Waals surface area contributed by atoms with Crippen molar-refractivity contribution in [2.45, 2.75) is 47.5 Å². The Bertz CT molecular complexity index is 261. The Labute approximate surface area is 111 Å².